The van der Waals surface area contributed by atoms with Gasteiger partial charge in [-0.2, -0.15) is 0 Å². The van der Waals surface area contributed by atoms with E-state index in [1.54, 1.807) is 84.9 Å². The molecule has 0 heterocycles. The van der Waals surface area contributed by atoms with Gasteiger partial charge < -0.3 is 0 Å². The Kier molecular flexibility index (Phi) is 12.6. The number of hydrogen-bond acceptors (Lipinski definition) is 8. The third kappa shape index (κ3) is 8.47. The van der Waals surface area contributed by atoms with Crippen molar-refractivity contribution in [2.45, 2.75) is 42.6 Å². The van der Waals surface area contributed by atoms with E-state index in [0.29, 0.717) is 58.7 Å². The number of rotatable bonds is 14. The van der Waals surface area contributed by atoms with Crippen LogP contribution in [0.15, 0.2) is 216 Å². The van der Waals surface area contributed by atoms with E-state index in [-0.39, 0.29) is 11.1 Å². The van der Waals surface area contributed by atoms with Crippen LogP contribution >= 0.6 is 0 Å². The van der Waals surface area contributed by atoms with Crippen molar-refractivity contribution in [2.24, 2.45) is 0 Å². The first-order valence-corrected chi connectivity index (χ1v) is 25.2. The molecular formula is C52H38F4O8S3. The fraction of sp³-hybridized carbons (Fsp3) is 0.115. The second-order valence-corrected chi connectivity index (χ2v) is 22.7. The highest BCUT2D eigenvalue weighted by molar-refractivity contribution is 7.99. The van der Waals surface area contributed by atoms with Crippen LogP contribution in [0.25, 0.3) is 22.3 Å². The van der Waals surface area contributed by atoms with Crippen LogP contribution in [0.3, 0.4) is 0 Å². The van der Waals surface area contributed by atoms with E-state index in [1.807, 2.05) is 0 Å². The number of carbonyl (C=O) groups is 2. The van der Waals surface area contributed by atoms with Gasteiger partial charge >= 0.3 is 0 Å². The Bertz CT molecular complexity index is 3150. The van der Waals surface area contributed by atoms with Crippen LogP contribution in [0.5, 0.6) is 0 Å². The molecule has 4 atom stereocenters. The molecule has 6 aromatic carbocycles. The van der Waals surface area contributed by atoms with Crippen molar-refractivity contribution in [2.75, 3.05) is 0 Å². The van der Waals surface area contributed by atoms with Crippen molar-refractivity contribution in [1.82, 2.24) is 0 Å². The molecule has 4 unspecified atom stereocenters. The third-order valence-electron chi connectivity index (χ3n) is 12.1. The van der Waals surface area contributed by atoms with Gasteiger partial charge in [0.2, 0.25) is 0 Å². The smallest absolute Gasteiger partial charge is 0.186 e. The lowest BCUT2D eigenvalue weighted by Crippen LogP contribution is -2.64. The molecule has 0 N–H and O–H groups in total. The second kappa shape index (κ2) is 18.1. The van der Waals surface area contributed by atoms with E-state index in [4.69, 9.17) is 0 Å². The van der Waals surface area contributed by atoms with Crippen LogP contribution in [0.2, 0.25) is 0 Å². The van der Waals surface area contributed by atoms with Crippen molar-refractivity contribution < 1.29 is 52.4 Å². The summed E-state index contributed by atoms with van der Waals surface area (Å²) >= 11 is 0. The lowest BCUT2D eigenvalue weighted by molar-refractivity contribution is 0.0971. The van der Waals surface area contributed by atoms with Crippen molar-refractivity contribution in [3.8, 4) is 22.3 Å². The lowest BCUT2D eigenvalue weighted by Gasteiger charge is -2.46. The monoisotopic (exact) mass is 962 g/mol. The zero-order chi connectivity index (χ0) is 47.8. The molecule has 340 valence electrons. The molecule has 0 aromatic heterocycles. The van der Waals surface area contributed by atoms with Crippen LogP contribution in [-0.4, -0.2) is 56.8 Å². The maximum absolute atomic E-state index is 16.8. The Labute approximate surface area is 385 Å². The summed E-state index contributed by atoms with van der Waals surface area (Å²) in [5.41, 5.74) is 1.39. The highest BCUT2D eigenvalue weighted by atomic mass is 32.2. The molecule has 6 aromatic rings. The average Bonchev–Trinajstić information content (AvgIpc) is 3.33. The van der Waals surface area contributed by atoms with Gasteiger partial charge in [-0.1, -0.05) is 121 Å². The zero-order valence-corrected chi connectivity index (χ0v) is 37.5. The van der Waals surface area contributed by atoms with E-state index in [9.17, 15) is 8.78 Å². The van der Waals surface area contributed by atoms with E-state index >= 15 is 43.6 Å². The molecule has 0 radical (unpaired) electrons. The van der Waals surface area contributed by atoms with Crippen LogP contribution < -0.4 is 0 Å². The fourth-order valence-corrected chi connectivity index (χ4v) is 16.5. The number of Topliss-reactive ketones (excluding diaryl/α,β-unsaturated/α-hetero) is 2. The minimum Gasteiger partial charge on any atom is -0.294 e. The standard InChI is InChI=1S/C52H38F4O8S3/c53-37-19-23-41(24-20-37)65(59,60)49-31-39(55)27-29-51(49,33-47(57)45-17-9-7-15-43(45)35-11-3-1-4-12-35)67(63,64)52(34-48(58)46-18-10-8-16-44(46)36-13-5-2-6-14-36)30-28-40(56)32-50(52)66(61,62)42-25-21-38(54)22-26-42/h1-32,49-50H,33-34H2. The minimum atomic E-state index is -5.96. The Hall–Kier alpha value is -6.81. The summed E-state index contributed by atoms with van der Waals surface area (Å²) in [5, 5.41) is -5.23. The molecule has 0 saturated carbocycles. The number of ketones is 2. The number of halogens is 4. The number of hydrogen-bond donors (Lipinski definition) is 0. The molecule has 0 amide bonds. The first-order valence-electron chi connectivity index (χ1n) is 20.6. The van der Waals surface area contributed by atoms with Crippen molar-refractivity contribution >= 4 is 41.1 Å². The van der Waals surface area contributed by atoms with E-state index in [2.05, 4.69) is 0 Å². The molecule has 2 aliphatic rings. The average molecular weight is 963 g/mol. The highest BCUT2D eigenvalue weighted by Crippen LogP contribution is 2.51. The summed E-state index contributed by atoms with van der Waals surface area (Å²) in [5.74, 6) is -6.28. The number of carbonyl (C=O) groups excluding carboxylic acids is 2. The molecule has 15 heteroatoms. The Morgan fingerprint density at radius 1 is 0.433 bits per heavy atom. The molecule has 67 heavy (non-hydrogen) atoms. The summed E-state index contributed by atoms with van der Waals surface area (Å²) < 4.78 is 148. The summed E-state index contributed by atoms with van der Waals surface area (Å²) in [6, 6.07) is 35.3. The SMILES string of the molecule is O=C(CC1(S(=O)(=O)C2(CC(=O)c3ccccc3-c3ccccc3)C=CC(F)=CC2S(=O)(=O)c2ccc(F)cc2)C=CC(F)=CC1S(=O)(=O)c1ccc(F)cc1)c1ccccc1-c1ccccc1. The molecule has 0 saturated heterocycles. The van der Waals surface area contributed by atoms with Gasteiger partial charge in [0.05, 0.1) is 9.79 Å². The van der Waals surface area contributed by atoms with Gasteiger partial charge in [0, 0.05) is 24.0 Å². The Morgan fingerprint density at radius 2 is 0.761 bits per heavy atom. The minimum absolute atomic E-state index is 0.104. The third-order valence-corrected chi connectivity index (χ3v) is 19.8. The maximum Gasteiger partial charge on any atom is 0.186 e. The number of allylic oxidation sites excluding steroid dienone is 4. The Balaban J connectivity index is 1.44. The van der Waals surface area contributed by atoms with Gasteiger partial charge in [-0.25, -0.2) is 42.8 Å². The molecule has 0 fully saturated rings. The van der Waals surface area contributed by atoms with Crippen LogP contribution in [0, 0.1) is 11.6 Å². The van der Waals surface area contributed by atoms with E-state index in [0.717, 1.165) is 48.5 Å². The van der Waals surface area contributed by atoms with Crippen molar-refractivity contribution in [3.05, 3.63) is 229 Å². The summed E-state index contributed by atoms with van der Waals surface area (Å²) in [6.45, 7) is 0. The van der Waals surface area contributed by atoms with Crippen LogP contribution in [0.4, 0.5) is 17.6 Å². The van der Waals surface area contributed by atoms with Crippen molar-refractivity contribution in [3.63, 3.8) is 0 Å². The quantitative estimate of drug-likeness (QED) is 0.0598. The summed E-state index contributed by atoms with van der Waals surface area (Å²) in [6.07, 6.45) is 0.837. The second-order valence-electron chi connectivity index (χ2n) is 16.0. The number of benzene rings is 6. The van der Waals surface area contributed by atoms with Gasteiger partial charge in [0.25, 0.3) is 0 Å². The van der Waals surface area contributed by atoms with Gasteiger partial charge in [-0.05, 0) is 95.1 Å². The normalized spacial score (nSPS) is 20.7. The summed E-state index contributed by atoms with van der Waals surface area (Å²) in [7, 11) is -16.5. The van der Waals surface area contributed by atoms with Gasteiger partial charge in [0.1, 0.15) is 43.3 Å². The number of sulfone groups is 3. The Morgan fingerprint density at radius 3 is 1.12 bits per heavy atom. The zero-order valence-electron chi connectivity index (χ0n) is 35.0. The fourth-order valence-electron chi connectivity index (χ4n) is 8.79. The predicted molar refractivity (Wildman–Crippen MR) is 247 cm³/mol. The molecular weight excluding hydrogens is 925 g/mol. The predicted octanol–water partition coefficient (Wildman–Crippen LogP) is 10.6. The van der Waals surface area contributed by atoms with Gasteiger partial charge in [-0.3, -0.25) is 9.59 Å². The topological polar surface area (TPSA) is 137 Å². The maximum atomic E-state index is 16.8. The summed E-state index contributed by atoms with van der Waals surface area (Å²) in [4.78, 5) is 28.9. The molecule has 8 rings (SSSR count). The van der Waals surface area contributed by atoms with E-state index < -0.39 is 107 Å². The molecule has 2 aliphatic carbocycles. The van der Waals surface area contributed by atoms with Crippen LogP contribution in [-0.2, 0) is 29.5 Å². The van der Waals surface area contributed by atoms with Gasteiger partial charge in [0.15, 0.2) is 41.1 Å². The molecule has 0 bridgehead atoms. The largest absolute Gasteiger partial charge is 0.294 e. The highest BCUT2D eigenvalue weighted by Gasteiger charge is 2.67. The van der Waals surface area contributed by atoms with Gasteiger partial charge in [-0.15, -0.1) is 0 Å². The van der Waals surface area contributed by atoms with Crippen molar-refractivity contribution in [1.29, 1.82) is 0 Å². The molecule has 0 spiro atoms. The first-order chi connectivity index (χ1) is 31.9. The first kappa shape index (κ1) is 46.7. The van der Waals surface area contributed by atoms with Crippen LogP contribution in [0.1, 0.15) is 33.6 Å². The lowest BCUT2D eigenvalue weighted by atomic mass is 9.87. The molecule has 0 aliphatic heterocycles. The molecule has 8 nitrogen and oxygen atoms in total. The van der Waals surface area contributed by atoms with E-state index in [1.165, 1.54) is 24.3 Å².